The second-order valence-corrected chi connectivity index (χ2v) is 4.17. The molecule has 11 heavy (non-hydrogen) atoms. The maximum absolute atomic E-state index is 4.44. The zero-order valence-electron chi connectivity index (χ0n) is 7.42. The van der Waals surface area contributed by atoms with Gasteiger partial charge in [-0.05, 0) is 25.0 Å². The number of rotatable bonds is 7. The van der Waals surface area contributed by atoms with Crippen molar-refractivity contribution in [1.29, 1.82) is 0 Å². The van der Waals surface area contributed by atoms with E-state index >= 15 is 0 Å². The van der Waals surface area contributed by atoms with E-state index in [1.54, 1.807) is 0 Å². The highest BCUT2D eigenvalue weighted by molar-refractivity contribution is 7.81. The van der Waals surface area contributed by atoms with Crippen LogP contribution in [-0.4, -0.2) is 11.0 Å². The lowest BCUT2D eigenvalue weighted by Gasteiger charge is -2.05. The van der Waals surface area contributed by atoms with E-state index in [-0.39, 0.29) is 0 Å². The van der Waals surface area contributed by atoms with Crippen LogP contribution in [0.1, 0.15) is 45.4 Å². The molecule has 0 saturated heterocycles. The van der Waals surface area contributed by atoms with Gasteiger partial charge in [-0.1, -0.05) is 26.2 Å². The molecule has 1 unspecified atom stereocenters. The van der Waals surface area contributed by atoms with Gasteiger partial charge < -0.3 is 0 Å². The van der Waals surface area contributed by atoms with Crippen LogP contribution in [0.2, 0.25) is 0 Å². The van der Waals surface area contributed by atoms with Crippen LogP contribution in [-0.2, 0) is 0 Å². The van der Waals surface area contributed by atoms with Crippen LogP contribution in [0, 0.1) is 0 Å². The summed E-state index contributed by atoms with van der Waals surface area (Å²) in [4.78, 5) is 0. The van der Waals surface area contributed by atoms with Crippen LogP contribution in [0.15, 0.2) is 0 Å². The maximum atomic E-state index is 4.44. The third-order valence-electron chi connectivity index (χ3n) is 1.92. The van der Waals surface area contributed by atoms with Crippen LogP contribution in [0.25, 0.3) is 0 Å². The summed E-state index contributed by atoms with van der Waals surface area (Å²) in [6.45, 7) is 2.20. The summed E-state index contributed by atoms with van der Waals surface area (Å²) >= 11 is 8.61. The Morgan fingerprint density at radius 1 is 1.09 bits per heavy atom. The van der Waals surface area contributed by atoms with Gasteiger partial charge in [0, 0.05) is 5.25 Å². The lowest BCUT2D eigenvalue weighted by Crippen LogP contribution is -1.95. The average Bonchev–Trinajstić information content (AvgIpc) is 2.04. The standard InChI is InChI=1S/C9H20S2/c1-2-9(11)7-5-3-4-6-8-10/h9-11H,2-8H2,1H3. The molecule has 0 aliphatic carbocycles. The van der Waals surface area contributed by atoms with Crippen molar-refractivity contribution in [3.8, 4) is 0 Å². The maximum Gasteiger partial charge on any atom is 0.00141 e. The number of thiol groups is 2. The van der Waals surface area contributed by atoms with Crippen LogP contribution < -0.4 is 0 Å². The molecule has 0 heterocycles. The van der Waals surface area contributed by atoms with Crippen molar-refractivity contribution in [2.75, 3.05) is 5.75 Å². The molecule has 0 rings (SSSR count). The number of hydrogen-bond donors (Lipinski definition) is 2. The largest absolute Gasteiger partial charge is 0.179 e. The Bertz CT molecular complexity index is 74.0. The van der Waals surface area contributed by atoms with E-state index in [1.807, 2.05) is 0 Å². The van der Waals surface area contributed by atoms with E-state index in [4.69, 9.17) is 0 Å². The quantitative estimate of drug-likeness (QED) is 0.447. The van der Waals surface area contributed by atoms with Crippen molar-refractivity contribution < 1.29 is 0 Å². The first-order chi connectivity index (χ1) is 5.31. The molecule has 0 aliphatic heterocycles. The minimum absolute atomic E-state index is 0.631. The fourth-order valence-electron chi connectivity index (χ4n) is 1.05. The van der Waals surface area contributed by atoms with Gasteiger partial charge in [0.2, 0.25) is 0 Å². The summed E-state index contributed by atoms with van der Waals surface area (Å²) in [7, 11) is 0. The molecule has 0 aromatic rings. The lowest BCUT2D eigenvalue weighted by atomic mass is 10.1. The minimum atomic E-state index is 0.631. The topological polar surface area (TPSA) is 0 Å². The molecule has 0 radical (unpaired) electrons. The molecule has 0 fully saturated rings. The normalized spacial score (nSPS) is 13.4. The molecule has 0 saturated carbocycles. The molecule has 0 N–H and O–H groups in total. The van der Waals surface area contributed by atoms with Crippen molar-refractivity contribution in [2.24, 2.45) is 0 Å². The zero-order valence-corrected chi connectivity index (χ0v) is 9.21. The Hall–Kier alpha value is 0.700. The molecule has 0 bridgehead atoms. The SMILES string of the molecule is CCC(S)CCCCCCS. The van der Waals surface area contributed by atoms with Gasteiger partial charge in [-0.2, -0.15) is 25.3 Å². The van der Waals surface area contributed by atoms with Gasteiger partial charge in [-0.3, -0.25) is 0 Å². The van der Waals surface area contributed by atoms with Gasteiger partial charge in [0.05, 0.1) is 0 Å². The fourth-order valence-corrected chi connectivity index (χ4v) is 1.46. The van der Waals surface area contributed by atoms with Crippen LogP contribution in [0.4, 0.5) is 0 Å². The fraction of sp³-hybridized carbons (Fsp3) is 1.00. The molecule has 0 aromatic carbocycles. The second-order valence-electron chi connectivity index (χ2n) is 2.99. The first kappa shape index (κ1) is 11.7. The summed E-state index contributed by atoms with van der Waals surface area (Å²) in [6, 6.07) is 0. The summed E-state index contributed by atoms with van der Waals surface area (Å²) in [5, 5.41) is 0.631. The Kier molecular flexibility index (Phi) is 9.35. The third-order valence-corrected chi connectivity index (χ3v) is 2.86. The van der Waals surface area contributed by atoms with E-state index in [1.165, 1.54) is 38.5 Å². The highest BCUT2D eigenvalue weighted by atomic mass is 32.1. The van der Waals surface area contributed by atoms with E-state index in [9.17, 15) is 0 Å². The highest BCUT2D eigenvalue weighted by Gasteiger charge is 1.97. The first-order valence-electron chi connectivity index (χ1n) is 4.60. The first-order valence-corrected chi connectivity index (χ1v) is 5.75. The second kappa shape index (κ2) is 8.79. The van der Waals surface area contributed by atoms with Crippen LogP contribution in [0.3, 0.4) is 0 Å². The lowest BCUT2D eigenvalue weighted by molar-refractivity contribution is 0.614. The zero-order chi connectivity index (χ0) is 8.53. The van der Waals surface area contributed by atoms with Crippen LogP contribution >= 0.6 is 25.3 Å². The molecule has 68 valence electrons. The monoisotopic (exact) mass is 192 g/mol. The number of hydrogen-bond acceptors (Lipinski definition) is 2. The van der Waals surface area contributed by atoms with Gasteiger partial charge in [-0.15, -0.1) is 0 Å². The van der Waals surface area contributed by atoms with Crippen LogP contribution in [0.5, 0.6) is 0 Å². The summed E-state index contributed by atoms with van der Waals surface area (Å²) < 4.78 is 0. The molecular formula is C9H20S2. The Balaban J connectivity index is 2.89. The van der Waals surface area contributed by atoms with Crippen molar-refractivity contribution in [1.82, 2.24) is 0 Å². The predicted molar refractivity (Wildman–Crippen MR) is 60.0 cm³/mol. The molecule has 0 aliphatic rings. The van der Waals surface area contributed by atoms with Crippen molar-refractivity contribution in [3.05, 3.63) is 0 Å². The predicted octanol–water partition coefficient (Wildman–Crippen LogP) is 3.58. The van der Waals surface area contributed by atoms with Gasteiger partial charge in [0.25, 0.3) is 0 Å². The molecule has 1 atom stereocenters. The smallest absolute Gasteiger partial charge is 0.00141 e. The Morgan fingerprint density at radius 2 is 1.73 bits per heavy atom. The van der Waals surface area contributed by atoms with E-state index in [0.29, 0.717) is 5.25 Å². The molecule has 0 amide bonds. The molecule has 0 aromatic heterocycles. The van der Waals surface area contributed by atoms with E-state index in [0.717, 1.165) is 5.75 Å². The summed E-state index contributed by atoms with van der Waals surface area (Å²) in [5.41, 5.74) is 0. The molecule has 0 nitrogen and oxygen atoms in total. The number of unbranched alkanes of at least 4 members (excludes halogenated alkanes) is 3. The van der Waals surface area contributed by atoms with Gasteiger partial charge in [0.1, 0.15) is 0 Å². The van der Waals surface area contributed by atoms with Gasteiger partial charge in [-0.25, -0.2) is 0 Å². The van der Waals surface area contributed by atoms with Gasteiger partial charge >= 0.3 is 0 Å². The van der Waals surface area contributed by atoms with E-state index < -0.39 is 0 Å². The van der Waals surface area contributed by atoms with E-state index in [2.05, 4.69) is 32.2 Å². The Labute approximate surface area is 82.0 Å². The third kappa shape index (κ3) is 8.61. The van der Waals surface area contributed by atoms with Crippen molar-refractivity contribution in [2.45, 2.75) is 50.7 Å². The minimum Gasteiger partial charge on any atom is -0.179 e. The summed E-state index contributed by atoms with van der Waals surface area (Å²) in [6.07, 6.45) is 7.80. The van der Waals surface area contributed by atoms with Gasteiger partial charge in [0.15, 0.2) is 0 Å². The molecule has 2 heteroatoms. The Morgan fingerprint density at radius 3 is 2.27 bits per heavy atom. The average molecular weight is 192 g/mol. The van der Waals surface area contributed by atoms with Crippen molar-refractivity contribution in [3.63, 3.8) is 0 Å². The molecular weight excluding hydrogens is 172 g/mol. The summed E-state index contributed by atoms with van der Waals surface area (Å²) in [5.74, 6) is 1.04. The molecule has 0 spiro atoms. The van der Waals surface area contributed by atoms with Crippen molar-refractivity contribution >= 4 is 25.3 Å². The highest BCUT2D eigenvalue weighted by Crippen LogP contribution is 2.12.